The lowest BCUT2D eigenvalue weighted by atomic mass is 9.99. The summed E-state index contributed by atoms with van der Waals surface area (Å²) >= 11 is 0. The Hall–Kier alpha value is -3.73. The molecule has 0 aliphatic rings. The van der Waals surface area contributed by atoms with Gasteiger partial charge >= 0.3 is 5.97 Å². The lowest BCUT2D eigenvalue weighted by molar-refractivity contribution is 0.00291. The number of ether oxygens (including phenoxy) is 1. The van der Waals surface area contributed by atoms with E-state index in [0.29, 0.717) is 12.2 Å². The van der Waals surface area contributed by atoms with E-state index in [4.69, 9.17) is 9.57 Å². The van der Waals surface area contributed by atoms with Crippen molar-refractivity contribution in [2.45, 2.75) is 25.7 Å². The second kappa shape index (κ2) is 11.8. The maximum Gasteiger partial charge on any atom is 0.338 e. The Morgan fingerprint density at radius 2 is 1.18 bits per heavy atom. The predicted octanol–water partition coefficient (Wildman–Crippen LogP) is 6.05. The van der Waals surface area contributed by atoms with Crippen LogP contribution in [0.4, 0.5) is 0 Å². The normalized spacial score (nSPS) is 11.6. The molecule has 0 saturated carbocycles. The third kappa shape index (κ3) is 6.88. The first-order chi connectivity index (χ1) is 16.3. The van der Waals surface area contributed by atoms with Crippen molar-refractivity contribution in [1.29, 1.82) is 0 Å². The molecule has 0 saturated heterocycles. The van der Waals surface area contributed by atoms with Crippen LogP contribution in [0.2, 0.25) is 0 Å². The van der Waals surface area contributed by atoms with Gasteiger partial charge in [0.2, 0.25) is 0 Å². The monoisotopic (exact) mass is 437 g/mol. The van der Waals surface area contributed by atoms with Gasteiger partial charge in [-0.1, -0.05) is 103 Å². The van der Waals surface area contributed by atoms with Crippen molar-refractivity contribution < 1.29 is 14.4 Å². The van der Waals surface area contributed by atoms with Gasteiger partial charge in [-0.3, -0.25) is 4.84 Å². The summed E-state index contributed by atoms with van der Waals surface area (Å²) in [6.45, 7) is 0.747. The summed E-state index contributed by atoms with van der Waals surface area (Å²) in [5.41, 5.74) is 8.06. The van der Waals surface area contributed by atoms with E-state index in [2.05, 4.69) is 17.6 Å². The lowest BCUT2D eigenvalue weighted by Gasteiger charge is -2.19. The van der Waals surface area contributed by atoms with Crippen LogP contribution in [-0.2, 0) is 29.2 Å². The molecule has 0 aliphatic heterocycles. The van der Waals surface area contributed by atoms with E-state index in [9.17, 15) is 4.79 Å². The van der Waals surface area contributed by atoms with E-state index in [1.165, 1.54) is 0 Å². The van der Waals surface area contributed by atoms with Gasteiger partial charge in [-0.2, -0.15) is 5.48 Å². The van der Waals surface area contributed by atoms with Crippen molar-refractivity contribution in [1.82, 2.24) is 5.48 Å². The average molecular weight is 438 g/mol. The average Bonchev–Trinajstić information content (AvgIpc) is 2.89. The van der Waals surface area contributed by atoms with E-state index in [0.717, 1.165) is 28.7 Å². The summed E-state index contributed by atoms with van der Waals surface area (Å²) in [5, 5.41) is 0. The number of hydroxylamine groups is 1. The van der Waals surface area contributed by atoms with Crippen molar-refractivity contribution in [3.8, 4) is 0 Å². The number of hydrogen-bond donors (Lipinski definition) is 1. The van der Waals surface area contributed by atoms with Gasteiger partial charge in [0, 0.05) is 0 Å². The highest BCUT2D eigenvalue weighted by atomic mass is 16.6. The fourth-order valence-electron chi connectivity index (χ4n) is 3.53. The zero-order valence-corrected chi connectivity index (χ0v) is 18.4. The largest absolute Gasteiger partial charge is 0.457 e. The highest BCUT2D eigenvalue weighted by molar-refractivity contribution is 5.89. The fraction of sp³-hybridized carbons (Fsp3) is 0.138. The van der Waals surface area contributed by atoms with Gasteiger partial charge in [0.05, 0.1) is 18.2 Å². The minimum Gasteiger partial charge on any atom is -0.457 e. The molecule has 4 aromatic rings. The molecule has 0 amide bonds. The Morgan fingerprint density at radius 1 is 0.636 bits per heavy atom. The minimum absolute atomic E-state index is 0.0224. The maximum atomic E-state index is 12.4. The molecule has 0 fully saturated rings. The van der Waals surface area contributed by atoms with Crippen LogP contribution in [0.3, 0.4) is 0 Å². The number of hydrogen-bond acceptors (Lipinski definition) is 4. The van der Waals surface area contributed by atoms with Gasteiger partial charge in [0.15, 0.2) is 0 Å². The molecule has 0 radical (unpaired) electrons. The molecular weight excluding hydrogens is 410 g/mol. The van der Waals surface area contributed by atoms with Crippen molar-refractivity contribution in [3.63, 3.8) is 0 Å². The minimum atomic E-state index is -0.325. The smallest absolute Gasteiger partial charge is 0.338 e. The van der Waals surface area contributed by atoms with Crippen LogP contribution >= 0.6 is 0 Å². The number of nitrogens with one attached hydrogen (secondary N) is 1. The van der Waals surface area contributed by atoms with Crippen LogP contribution in [0.5, 0.6) is 0 Å². The Balaban J connectivity index is 1.36. The van der Waals surface area contributed by atoms with Gasteiger partial charge in [-0.05, 0) is 40.8 Å². The molecule has 1 atom stereocenters. The van der Waals surface area contributed by atoms with E-state index >= 15 is 0 Å². The molecular formula is C29H27NO3. The predicted molar refractivity (Wildman–Crippen MR) is 129 cm³/mol. The van der Waals surface area contributed by atoms with Gasteiger partial charge in [-0.25, -0.2) is 4.79 Å². The molecule has 0 heterocycles. The van der Waals surface area contributed by atoms with Gasteiger partial charge in [-0.15, -0.1) is 0 Å². The topological polar surface area (TPSA) is 47.6 Å². The zero-order valence-electron chi connectivity index (χ0n) is 18.4. The number of carbonyl (C=O) groups excluding carboxylic acids is 1. The number of benzene rings is 4. The first-order valence-electron chi connectivity index (χ1n) is 11.0. The fourth-order valence-corrected chi connectivity index (χ4v) is 3.53. The van der Waals surface area contributed by atoms with E-state index in [1.54, 1.807) is 0 Å². The second-order valence-corrected chi connectivity index (χ2v) is 7.82. The summed E-state index contributed by atoms with van der Waals surface area (Å²) in [5.74, 6) is -0.325. The highest BCUT2D eigenvalue weighted by Crippen LogP contribution is 2.20. The SMILES string of the molecule is O=C(OCc1ccccc1)c1ccc(CC(NOCc2ccccc2)c2ccccc2)cc1. The van der Waals surface area contributed by atoms with Crippen LogP contribution in [0.15, 0.2) is 115 Å². The standard InChI is InChI=1S/C29H27NO3/c31-29(32-21-24-10-4-1-5-11-24)27-18-16-23(17-19-27)20-28(26-14-8-3-9-15-26)30-33-22-25-12-6-2-7-13-25/h1-19,28,30H,20-22H2. The molecule has 4 nitrogen and oxygen atoms in total. The molecule has 4 aromatic carbocycles. The molecule has 0 aliphatic carbocycles. The van der Waals surface area contributed by atoms with Crippen LogP contribution < -0.4 is 5.48 Å². The molecule has 0 spiro atoms. The van der Waals surface area contributed by atoms with Crippen LogP contribution in [0.25, 0.3) is 0 Å². The molecule has 1 N–H and O–H groups in total. The van der Waals surface area contributed by atoms with E-state index in [1.807, 2.05) is 103 Å². The Kier molecular flexibility index (Phi) is 8.01. The molecule has 0 bridgehead atoms. The first-order valence-corrected chi connectivity index (χ1v) is 11.0. The molecule has 0 aromatic heterocycles. The Bertz CT molecular complexity index is 1110. The zero-order chi connectivity index (χ0) is 22.7. The molecule has 1 unspecified atom stereocenters. The summed E-state index contributed by atoms with van der Waals surface area (Å²) in [6, 6.07) is 37.5. The van der Waals surface area contributed by atoms with Crippen molar-refractivity contribution >= 4 is 5.97 Å². The van der Waals surface area contributed by atoms with Crippen molar-refractivity contribution in [3.05, 3.63) is 143 Å². The van der Waals surface area contributed by atoms with Crippen LogP contribution in [0, 0.1) is 0 Å². The van der Waals surface area contributed by atoms with Crippen molar-refractivity contribution in [2.24, 2.45) is 0 Å². The van der Waals surface area contributed by atoms with E-state index in [-0.39, 0.29) is 18.6 Å². The Labute approximate surface area is 194 Å². The second-order valence-electron chi connectivity index (χ2n) is 7.82. The summed E-state index contributed by atoms with van der Waals surface area (Å²) in [6.07, 6.45) is 0.720. The molecule has 4 heteroatoms. The van der Waals surface area contributed by atoms with Gasteiger partial charge in [0.1, 0.15) is 6.61 Å². The third-order valence-electron chi connectivity index (χ3n) is 5.35. The lowest BCUT2D eigenvalue weighted by Crippen LogP contribution is -2.23. The summed E-state index contributed by atoms with van der Waals surface area (Å²) in [4.78, 5) is 18.2. The Morgan fingerprint density at radius 3 is 1.79 bits per heavy atom. The van der Waals surface area contributed by atoms with Gasteiger partial charge in [0.25, 0.3) is 0 Å². The van der Waals surface area contributed by atoms with Crippen LogP contribution in [-0.4, -0.2) is 5.97 Å². The summed E-state index contributed by atoms with van der Waals surface area (Å²) < 4.78 is 5.43. The molecule has 166 valence electrons. The van der Waals surface area contributed by atoms with E-state index < -0.39 is 0 Å². The van der Waals surface area contributed by atoms with Crippen molar-refractivity contribution in [2.75, 3.05) is 0 Å². The first kappa shape index (κ1) is 22.5. The molecule has 4 rings (SSSR count). The number of carbonyl (C=O) groups is 1. The third-order valence-corrected chi connectivity index (χ3v) is 5.35. The number of rotatable bonds is 10. The van der Waals surface area contributed by atoms with Crippen LogP contribution in [0.1, 0.15) is 38.7 Å². The maximum absolute atomic E-state index is 12.4. The summed E-state index contributed by atoms with van der Waals surface area (Å²) in [7, 11) is 0. The molecule has 33 heavy (non-hydrogen) atoms. The number of esters is 1. The highest BCUT2D eigenvalue weighted by Gasteiger charge is 2.14. The quantitative estimate of drug-likeness (QED) is 0.242. The van der Waals surface area contributed by atoms with Gasteiger partial charge < -0.3 is 4.74 Å².